The molecular formula is C12H22O2. The molecule has 2 heteroatoms. The van der Waals surface area contributed by atoms with Crippen molar-refractivity contribution in [3.05, 3.63) is 12.2 Å². The van der Waals surface area contributed by atoms with Gasteiger partial charge in [-0.25, -0.2) is 0 Å². The Hall–Kier alpha value is -0.630. The zero-order valence-corrected chi connectivity index (χ0v) is 9.75. The van der Waals surface area contributed by atoms with E-state index in [-0.39, 0.29) is 5.60 Å². The number of carbonyl (C=O) groups excluding carboxylic acids is 1. The maximum atomic E-state index is 10.1. The van der Waals surface area contributed by atoms with Crippen molar-refractivity contribution in [2.24, 2.45) is 5.92 Å². The summed E-state index contributed by atoms with van der Waals surface area (Å²) in [7, 11) is 1.74. The van der Waals surface area contributed by atoms with E-state index in [1.807, 2.05) is 6.08 Å². The van der Waals surface area contributed by atoms with Crippen LogP contribution in [-0.2, 0) is 9.53 Å². The van der Waals surface area contributed by atoms with Crippen LogP contribution >= 0.6 is 0 Å². The Balaban J connectivity index is 4.28. The minimum Gasteiger partial charge on any atom is -0.378 e. The molecule has 0 aromatic heterocycles. The molecule has 0 aliphatic heterocycles. The van der Waals surface area contributed by atoms with E-state index in [4.69, 9.17) is 4.74 Å². The number of methoxy groups -OCH3 is 1. The number of hydrogen-bond acceptors (Lipinski definition) is 2. The van der Waals surface area contributed by atoms with Gasteiger partial charge in [0.15, 0.2) is 0 Å². The lowest BCUT2D eigenvalue weighted by atomic mass is 9.84. The minimum absolute atomic E-state index is 0.143. The topological polar surface area (TPSA) is 26.3 Å². The van der Waals surface area contributed by atoms with Crippen LogP contribution in [0.15, 0.2) is 12.2 Å². The Bertz CT molecular complexity index is 187. The van der Waals surface area contributed by atoms with E-state index in [9.17, 15) is 4.79 Å². The average Bonchev–Trinajstić information content (AvgIpc) is 2.18. The quantitative estimate of drug-likeness (QED) is 0.464. The Labute approximate surface area is 87.3 Å². The third-order valence-corrected chi connectivity index (χ3v) is 2.97. The van der Waals surface area contributed by atoms with E-state index < -0.39 is 0 Å². The van der Waals surface area contributed by atoms with Crippen LogP contribution in [-0.4, -0.2) is 19.0 Å². The van der Waals surface area contributed by atoms with Crippen molar-refractivity contribution in [2.75, 3.05) is 7.11 Å². The van der Waals surface area contributed by atoms with Gasteiger partial charge in [-0.15, -0.1) is 0 Å². The predicted molar refractivity (Wildman–Crippen MR) is 59.3 cm³/mol. The number of allylic oxidation sites excluding steroid dienone is 1. The number of ether oxygens (including phenoxy) is 1. The van der Waals surface area contributed by atoms with Crippen molar-refractivity contribution in [1.82, 2.24) is 0 Å². The van der Waals surface area contributed by atoms with Crippen LogP contribution < -0.4 is 0 Å². The first kappa shape index (κ1) is 13.4. The Morgan fingerprint density at radius 1 is 1.50 bits per heavy atom. The molecule has 0 aromatic carbocycles. The molecule has 0 rings (SSSR count). The lowest BCUT2D eigenvalue weighted by Crippen LogP contribution is -2.34. The standard InChI is InChI=1S/C12H22O2/c1-5-8-11(2)12(3,14-4)9-6-7-10-13/h6-7,10-11H,5,8-9H2,1-4H3/b7-6+. The van der Waals surface area contributed by atoms with Crippen molar-refractivity contribution >= 4 is 6.29 Å². The van der Waals surface area contributed by atoms with E-state index >= 15 is 0 Å². The molecule has 2 unspecified atom stereocenters. The van der Waals surface area contributed by atoms with Crippen molar-refractivity contribution < 1.29 is 9.53 Å². The SMILES string of the molecule is CCCC(C)C(C)(C/C=C/C=O)OC. The number of aldehydes is 1. The third-order valence-electron chi connectivity index (χ3n) is 2.97. The third kappa shape index (κ3) is 4.05. The van der Waals surface area contributed by atoms with Crippen LogP contribution in [0, 0.1) is 5.92 Å². The van der Waals surface area contributed by atoms with E-state index in [0.29, 0.717) is 5.92 Å². The summed E-state index contributed by atoms with van der Waals surface area (Å²) in [5, 5.41) is 0. The summed E-state index contributed by atoms with van der Waals surface area (Å²) in [6, 6.07) is 0. The van der Waals surface area contributed by atoms with Crippen LogP contribution in [0.3, 0.4) is 0 Å². The largest absolute Gasteiger partial charge is 0.378 e. The average molecular weight is 198 g/mol. The lowest BCUT2D eigenvalue weighted by Gasteiger charge is -2.33. The highest BCUT2D eigenvalue weighted by Gasteiger charge is 2.28. The Kier molecular flexibility index (Phi) is 6.46. The first-order valence-electron chi connectivity index (χ1n) is 5.26. The van der Waals surface area contributed by atoms with Gasteiger partial charge in [-0.3, -0.25) is 4.79 Å². The van der Waals surface area contributed by atoms with Crippen LogP contribution in [0.25, 0.3) is 0 Å². The number of carbonyl (C=O) groups is 1. The van der Waals surface area contributed by atoms with Crippen LogP contribution in [0.4, 0.5) is 0 Å². The first-order chi connectivity index (χ1) is 6.60. The molecule has 0 spiro atoms. The summed E-state index contributed by atoms with van der Waals surface area (Å²) in [5.41, 5.74) is -0.143. The molecule has 0 bridgehead atoms. The van der Waals surface area contributed by atoms with Crippen molar-refractivity contribution in [2.45, 2.75) is 45.6 Å². The van der Waals surface area contributed by atoms with Gasteiger partial charge in [0.1, 0.15) is 6.29 Å². The second kappa shape index (κ2) is 6.77. The molecule has 0 radical (unpaired) electrons. The molecule has 0 aliphatic carbocycles. The van der Waals surface area contributed by atoms with E-state index in [0.717, 1.165) is 25.5 Å². The Morgan fingerprint density at radius 2 is 2.14 bits per heavy atom. The van der Waals surface area contributed by atoms with Crippen molar-refractivity contribution in [3.63, 3.8) is 0 Å². The molecule has 0 aliphatic rings. The normalized spacial score (nSPS) is 18.0. The zero-order chi connectivity index (χ0) is 11.0. The maximum Gasteiger partial charge on any atom is 0.142 e. The molecule has 0 amide bonds. The maximum absolute atomic E-state index is 10.1. The predicted octanol–water partition coefficient (Wildman–Crippen LogP) is 2.97. The molecule has 2 atom stereocenters. The molecule has 82 valence electrons. The minimum atomic E-state index is -0.143. The summed E-state index contributed by atoms with van der Waals surface area (Å²) in [4.78, 5) is 10.1. The summed E-state index contributed by atoms with van der Waals surface area (Å²) >= 11 is 0. The van der Waals surface area contributed by atoms with E-state index in [2.05, 4.69) is 20.8 Å². The summed E-state index contributed by atoms with van der Waals surface area (Å²) in [6.07, 6.45) is 7.33. The molecule has 0 aromatic rings. The van der Waals surface area contributed by atoms with Crippen LogP contribution in [0.5, 0.6) is 0 Å². The highest BCUT2D eigenvalue weighted by Crippen LogP contribution is 2.28. The molecule has 0 N–H and O–H groups in total. The van der Waals surface area contributed by atoms with Gasteiger partial charge < -0.3 is 4.74 Å². The summed E-state index contributed by atoms with van der Waals surface area (Å²) in [6.45, 7) is 6.47. The fourth-order valence-corrected chi connectivity index (χ4v) is 1.58. The first-order valence-corrected chi connectivity index (χ1v) is 5.26. The second-order valence-electron chi connectivity index (χ2n) is 3.97. The molecule has 0 heterocycles. The van der Waals surface area contributed by atoms with Gasteiger partial charge in [0, 0.05) is 7.11 Å². The van der Waals surface area contributed by atoms with Gasteiger partial charge in [-0.05, 0) is 31.8 Å². The molecule has 2 nitrogen and oxygen atoms in total. The van der Waals surface area contributed by atoms with Gasteiger partial charge >= 0.3 is 0 Å². The van der Waals surface area contributed by atoms with Gasteiger partial charge in [0.2, 0.25) is 0 Å². The van der Waals surface area contributed by atoms with Gasteiger partial charge in [-0.2, -0.15) is 0 Å². The van der Waals surface area contributed by atoms with Crippen LogP contribution in [0.2, 0.25) is 0 Å². The summed E-state index contributed by atoms with van der Waals surface area (Å²) < 4.78 is 5.53. The molecule has 0 fully saturated rings. The smallest absolute Gasteiger partial charge is 0.142 e. The molecule has 14 heavy (non-hydrogen) atoms. The molecule has 0 saturated carbocycles. The fourth-order valence-electron chi connectivity index (χ4n) is 1.58. The van der Waals surface area contributed by atoms with Crippen LogP contribution in [0.1, 0.15) is 40.0 Å². The van der Waals surface area contributed by atoms with Gasteiger partial charge in [0.05, 0.1) is 5.60 Å². The van der Waals surface area contributed by atoms with E-state index in [1.165, 1.54) is 6.08 Å². The van der Waals surface area contributed by atoms with E-state index in [1.54, 1.807) is 7.11 Å². The van der Waals surface area contributed by atoms with Gasteiger partial charge in [0.25, 0.3) is 0 Å². The van der Waals surface area contributed by atoms with Crippen molar-refractivity contribution in [1.29, 1.82) is 0 Å². The van der Waals surface area contributed by atoms with Crippen molar-refractivity contribution in [3.8, 4) is 0 Å². The number of rotatable bonds is 7. The highest BCUT2D eigenvalue weighted by molar-refractivity contribution is 5.64. The number of hydrogen-bond donors (Lipinski definition) is 0. The summed E-state index contributed by atoms with van der Waals surface area (Å²) in [5.74, 6) is 0.508. The highest BCUT2D eigenvalue weighted by atomic mass is 16.5. The zero-order valence-electron chi connectivity index (χ0n) is 9.75. The lowest BCUT2D eigenvalue weighted by molar-refractivity contribution is -0.104. The van der Waals surface area contributed by atoms with Gasteiger partial charge in [-0.1, -0.05) is 26.3 Å². The fraction of sp³-hybridized carbons (Fsp3) is 0.750. The molecule has 0 saturated heterocycles. The monoisotopic (exact) mass is 198 g/mol. The molecular weight excluding hydrogens is 176 g/mol. The Morgan fingerprint density at radius 3 is 2.57 bits per heavy atom. The second-order valence-corrected chi connectivity index (χ2v) is 3.97.